The number of nitrogens with one attached hydrogen (secondary N) is 2. The van der Waals surface area contributed by atoms with Gasteiger partial charge in [0.05, 0.1) is 12.1 Å². The zero-order chi connectivity index (χ0) is 13.3. The van der Waals surface area contributed by atoms with Crippen LogP contribution in [0.5, 0.6) is 0 Å². The Morgan fingerprint density at radius 3 is 2.84 bits per heavy atom. The van der Waals surface area contributed by atoms with Gasteiger partial charge in [-0.2, -0.15) is 0 Å². The smallest absolute Gasteiger partial charge is 0.252 e. The van der Waals surface area contributed by atoms with Crippen molar-refractivity contribution in [3.63, 3.8) is 0 Å². The monoisotopic (exact) mass is 258 g/mol. The molecule has 1 saturated carbocycles. The lowest BCUT2D eigenvalue weighted by Crippen LogP contribution is -2.49. The highest BCUT2D eigenvalue weighted by molar-refractivity contribution is 6.06. The van der Waals surface area contributed by atoms with Crippen molar-refractivity contribution < 1.29 is 9.90 Å². The lowest BCUT2D eigenvalue weighted by Gasteiger charge is -2.28. The van der Waals surface area contributed by atoms with Crippen LogP contribution in [0.25, 0.3) is 10.9 Å². The van der Waals surface area contributed by atoms with Crippen LogP contribution in [0.15, 0.2) is 30.5 Å². The Morgan fingerprint density at radius 1 is 1.32 bits per heavy atom. The second-order valence-corrected chi connectivity index (χ2v) is 5.34. The van der Waals surface area contributed by atoms with E-state index in [2.05, 4.69) is 10.3 Å². The fourth-order valence-electron chi connectivity index (χ4n) is 2.97. The summed E-state index contributed by atoms with van der Waals surface area (Å²) in [6.07, 6.45) is 5.68. The maximum absolute atomic E-state index is 12.4. The number of hydrogen-bond donors (Lipinski definition) is 3. The van der Waals surface area contributed by atoms with E-state index in [9.17, 15) is 9.90 Å². The molecule has 1 amide bonds. The van der Waals surface area contributed by atoms with Gasteiger partial charge in [0.2, 0.25) is 0 Å². The molecule has 4 nitrogen and oxygen atoms in total. The van der Waals surface area contributed by atoms with Crippen LogP contribution in [0.1, 0.15) is 36.0 Å². The molecule has 1 fully saturated rings. The molecule has 4 heteroatoms. The van der Waals surface area contributed by atoms with Gasteiger partial charge in [-0.05, 0) is 31.0 Å². The first kappa shape index (κ1) is 12.2. The molecule has 0 unspecified atom stereocenters. The number of rotatable bonds is 3. The first-order valence-electron chi connectivity index (χ1n) is 6.74. The van der Waals surface area contributed by atoms with Crippen LogP contribution in [-0.2, 0) is 0 Å². The molecule has 1 heterocycles. The standard InChI is InChI=1S/C15H18N2O2/c18-10-15(7-1-2-8-15)17-14(19)12-4-3-5-13-11(12)6-9-16-13/h3-6,9,16,18H,1-2,7-8,10H2,(H,17,19). The van der Waals surface area contributed by atoms with Gasteiger partial charge < -0.3 is 15.4 Å². The Morgan fingerprint density at radius 2 is 2.11 bits per heavy atom. The summed E-state index contributed by atoms with van der Waals surface area (Å²) in [4.78, 5) is 15.5. The van der Waals surface area contributed by atoms with Crippen molar-refractivity contribution in [1.29, 1.82) is 0 Å². The summed E-state index contributed by atoms with van der Waals surface area (Å²) in [6.45, 7) is 0.0157. The molecule has 0 radical (unpaired) electrons. The molecule has 1 aromatic heterocycles. The molecule has 1 aliphatic rings. The van der Waals surface area contributed by atoms with Gasteiger partial charge in [0, 0.05) is 22.7 Å². The van der Waals surface area contributed by atoms with Crippen molar-refractivity contribution in [2.75, 3.05) is 6.61 Å². The summed E-state index contributed by atoms with van der Waals surface area (Å²) in [5, 5.41) is 13.5. The number of fused-ring (bicyclic) bond motifs is 1. The fraction of sp³-hybridized carbons (Fsp3) is 0.400. The summed E-state index contributed by atoms with van der Waals surface area (Å²) in [5.41, 5.74) is 1.20. The predicted molar refractivity (Wildman–Crippen MR) is 74.0 cm³/mol. The highest BCUT2D eigenvalue weighted by Gasteiger charge is 2.35. The van der Waals surface area contributed by atoms with E-state index in [1.54, 1.807) is 0 Å². The lowest BCUT2D eigenvalue weighted by molar-refractivity contribution is 0.0840. The molecule has 0 spiro atoms. The molecule has 100 valence electrons. The Bertz CT molecular complexity index is 597. The van der Waals surface area contributed by atoms with E-state index < -0.39 is 5.54 Å². The van der Waals surface area contributed by atoms with Crippen molar-refractivity contribution in [2.24, 2.45) is 0 Å². The molecule has 0 bridgehead atoms. The summed E-state index contributed by atoms with van der Waals surface area (Å²) >= 11 is 0. The molecule has 1 aliphatic carbocycles. The molecular weight excluding hydrogens is 240 g/mol. The van der Waals surface area contributed by atoms with E-state index in [4.69, 9.17) is 0 Å². The van der Waals surface area contributed by atoms with E-state index in [-0.39, 0.29) is 12.5 Å². The Kier molecular flexibility index (Phi) is 3.03. The van der Waals surface area contributed by atoms with Gasteiger partial charge >= 0.3 is 0 Å². The van der Waals surface area contributed by atoms with E-state index in [0.29, 0.717) is 5.56 Å². The molecule has 3 rings (SSSR count). The van der Waals surface area contributed by atoms with Crippen molar-refractivity contribution >= 4 is 16.8 Å². The number of amides is 1. The summed E-state index contributed by atoms with van der Waals surface area (Å²) in [6, 6.07) is 7.55. The number of aromatic nitrogens is 1. The number of aromatic amines is 1. The number of aliphatic hydroxyl groups excluding tert-OH is 1. The molecule has 1 aromatic carbocycles. The Balaban J connectivity index is 1.89. The number of H-pyrrole nitrogens is 1. The van der Waals surface area contributed by atoms with Gasteiger partial charge in [0.25, 0.3) is 5.91 Å². The summed E-state index contributed by atoms with van der Waals surface area (Å²) < 4.78 is 0. The van der Waals surface area contributed by atoms with Crippen LogP contribution in [0.2, 0.25) is 0 Å². The van der Waals surface area contributed by atoms with E-state index in [1.807, 2.05) is 30.5 Å². The molecule has 19 heavy (non-hydrogen) atoms. The van der Waals surface area contributed by atoms with Crippen molar-refractivity contribution in [2.45, 2.75) is 31.2 Å². The zero-order valence-corrected chi connectivity index (χ0v) is 10.8. The molecular formula is C15H18N2O2. The quantitative estimate of drug-likeness (QED) is 0.790. The highest BCUT2D eigenvalue weighted by atomic mass is 16.3. The topological polar surface area (TPSA) is 65.1 Å². The maximum Gasteiger partial charge on any atom is 0.252 e. The second-order valence-electron chi connectivity index (χ2n) is 5.34. The van der Waals surface area contributed by atoms with Crippen LogP contribution in [0.4, 0.5) is 0 Å². The lowest BCUT2D eigenvalue weighted by atomic mass is 9.97. The second kappa shape index (κ2) is 4.70. The fourth-order valence-corrected chi connectivity index (χ4v) is 2.97. The van der Waals surface area contributed by atoms with Crippen LogP contribution in [-0.4, -0.2) is 28.1 Å². The van der Waals surface area contributed by atoms with Crippen molar-refractivity contribution in [3.8, 4) is 0 Å². The van der Waals surface area contributed by atoms with Crippen molar-refractivity contribution in [3.05, 3.63) is 36.0 Å². The average Bonchev–Trinajstić information content (AvgIpc) is 3.06. The zero-order valence-electron chi connectivity index (χ0n) is 10.8. The predicted octanol–water partition coefficient (Wildman–Crippen LogP) is 2.20. The maximum atomic E-state index is 12.4. The minimum atomic E-state index is -0.421. The highest BCUT2D eigenvalue weighted by Crippen LogP contribution is 2.30. The van der Waals surface area contributed by atoms with Gasteiger partial charge in [-0.3, -0.25) is 4.79 Å². The van der Waals surface area contributed by atoms with E-state index in [0.717, 1.165) is 36.6 Å². The molecule has 3 N–H and O–H groups in total. The first-order chi connectivity index (χ1) is 9.24. The van der Waals surface area contributed by atoms with Crippen LogP contribution < -0.4 is 5.32 Å². The van der Waals surface area contributed by atoms with E-state index >= 15 is 0 Å². The van der Waals surface area contributed by atoms with Gasteiger partial charge in [-0.15, -0.1) is 0 Å². The Labute approximate surface area is 111 Å². The third kappa shape index (κ3) is 2.12. The largest absolute Gasteiger partial charge is 0.394 e. The van der Waals surface area contributed by atoms with Crippen LogP contribution >= 0.6 is 0 Å². The Hall–Kier alpha value is -1.81. The molecule has 0 saturated heterocycles. The van der Waals surface area contributed by atoms with Crippen LogP contribution in [0, 0.1) is 0 Å². The minimum Gasteiger partial charge on any atom is -0.394 e. The van der Waals surface area contributed by atoms with Crippen LogP contribution in [0.3, 0.4) is 0 Å². The third-order valence-electron chi connectivity index (χ3n) is 4.08. The number of hydrogen-bond acceptors (Lipinski definition) is 2. The molecule has 0 aliphatic heterocycles. The molecule has 0 atom stereocenters. The average molecular weight is 258 g/mol. The van der Waals surface area contributed by atoms with Gasteiger partial charge in [-0.25, -0.2) is 0 Å². The van der Waals surface area contributed by atoms with Gasteiger partial charge in [0.1, 0.15) is 0 Å². The number of carbonyl (C=O) groups excluding carboxylic acids is 1. The molecule has 2 aromatic rings. The minimum absolute atomic E-state index is 0.0157. The SMILES string of the molecule is O=C(NC1(CO)CCCC1)c1cccc2[nH]ccc12. The van der Waals surface area contributed by atoms with Gasteiger partial charge in [-0.1, -0.05) is 18.9 Å². The number of carbonyl (C=O) groups is 1. The van der Waals surface area contributed by atoms with Crippen molar-refractivity contribution in [1.82, 2.24) is 10.3 Å². The van der Waals surface area contributed by atoms with E-state index in [1.165, 1.54) is 0 Å². The van der Waals surface area contributed by atoms with Gasteiger partial charge in [0.15, 0.2) is 0 Å². The summed E-state index contributed by atoms with van der Waals surface area (Å²) in [7, 11) is 0. The normalized spacial score (nSPS) is 17.7. The first-order valence-corrected chi connectivity index (χ1v) is 6.74. The third-order valence-corrected chi connectivity index (χ3v) is 4.08. The number of benzene rings is 1. The summed E-state index contributed by atoms with van der Waals surface area (Å²) in [5.74, 6) is -0.0962. The number of aliphatic hydroxyl groups is 1.